The third kappa shape index (κ3) is 3.93. The van der Waals surface area contributed by atoms with Crippen molar-refractivity contribution >= 4 is 34.0 Å². The predicted octanol–water partition coefficient (Wildman–Crippen LogP) is 5.07. The zero-order chi connectivity index (χ0) is 15.4. The molecular formula is C16H17IN2O2. The van der Waals surface area contributed by atoms with Gasteiger partial charge in [-0.05, 0) is 59.2 Å². The number of nitro benzene ring substituents is 1. The number of aryl methyl sites for hydroxylation is 1. The second-order valence-electron chi connectivity index (χ2n) is 4.92. The summed E-state index contributed by atoms with van der Waals surface area (Å²) in [5.41, 5.74) is 3.33. The van der Waals surface area contributed by atoms with Crippen molar-refractivity contribution in [1.29, 1.82) is 0 Å². The van der Waals surface area contributed by atoms with Gasteiger partial charge < -0.3 is 5.32 Å². The highest BCUT2D eigenvalue weighted by atomic mass is 127. The highest BCUT2D eigenvalue weighted by Crippen LogP contribution is 2.26. The summed E-state index contributed by atoms with van der Waals surface area (Å²) < 4.78 is 1.20. The largest absolute Gasteiger partial charge is 0.378 e. The average molecular weight is 396 g/mol. The number of benzene rings is 2. The van der Waals surface area contributed by atoms with Crippen molar-refractivity contribution < 1.29 is 4.92 Å². The summed E-state index contributed by atoms with van der Waals surface area (Å²) >= 11 is 2.31. The Morgan fingerprint density at radius 2 is 2.05 bits per heavy atom. The maximum absolute atomic E-state index is 10.9. The number of nitrogens with one attached hydrogen (secondary N) is 1. The molecule has 0 amide bonds. The van der Waals surface area contributed by atoms with E-state index in [-0.39, 0.29) is 16.7 Å². The highest BCUT2D eigenvalue weighted by molar-refractivity contribution is 14.1. The van der Waals surface area contributed by atoms with Gasteiger partial charge in [0.25, 0.3) is 5.69 Å². The van der Waals surface area contributed by atoms with E-state index in [1.807, 2.05) is 12.1 Å². The lowest BCUT2D eigenvalue weighted by Gasteiger charge is -2.19. The summed E-state index contributed by atoms with van der Waals surface area (Å²) in [6.07, 6.45) is 0.853. The molecule has 2 rings (SSSR count). The molecule has 1 atom stereocenters. The summed E-state index contributed by atoms with van der Waals surface area (Å²) in [5.74, 6) is 0. The molecule has 110 valence electrons. The van der Waals surface area contributed by atoms with E-state index < -0.39 is 0 Å². The summed E-state index contributed by atoms with van der Waals surface area (Å²) in [6, 6.07) is 13.1. The first-order valence-corrected chi connectivity index (χ1v) is 7.86. The van der Waals surface area contributed by atoms with Crippen LogP contribution in [0, 0.1) is 20.6 Å². The van der Waals surface area contributed by atoms with E-state index in [2.05, 4.69) is 53.9 Å². The SMILES string of the molecule is CCC(Nc1ccc(C)c(I)c1)c1cccc([N+](=O)[O-])c1. The van der Waals surface area contributed by atoms with Crippen LogP contribution >= 0.6 is 22.6 Å². The van der Waals surface area contributed by atoms with Gasteiger partial charge >= 0.3 is 0 Å². The van der Waals surface area contributed by atoms with Crippen molar-refractivity contribution in [2.75, 3.05) is 5.32 Å². The van der Waals surface area contributed by atoms with Crippen molar-refractivity contribution in [2.45, 2.75) is 26.3 Å². The molecule has 0 aliphatic rings. The van der Waals surface area contributed by atoms with Crippen LogP contribution in [-0.2, 0) is 0 Å². The average Bonchev–Trinajstić information content (AvgIpc) is 2.48. The highest BCUT2D eigenvalue weighted by Gasteiger charge is 2.13. The summed E-state index contributed by atoms with van der Waals surface area (Å²) in [6.45, 7) is 4.14. The Labute approximate surface area is 137 Å². The van der Waals surface area contributed by atoms with Crippen LogP contribution in [0.5, 0.6) is 0 Å². The van der Waals surface area contributed by atoms with Crippen molar-refractivity contribution in [1.82, 2.24) is 0 Å². The lowest BCUT2D eigenvalue weighted by Crippen LogP contribution is -2.10. The van der Waals surface area contributed by atoms with Gasteiger partial charge in [0.1, 0.15) is 0 Å². The van der Waals surface area contributed by atoms with Gasteiger partial charge in [-0.15, -0.1) is 0 Å². The Morgan fingerprint density at radius 1 is 1.29 bits per heavy atom. The van der Waals surface area contributed by atoms with Crippen LogP contribution in [-0.4, -0.2) is 4.92 Å². The Kier molecular flexibility index (Phi) is 5.17. The number of halogens is 1. The van der Waals surface area contributed by atoms with Crippen LogP contribution in [0.4, 0.5) is 11.4 Å². The monoisotopic (exact) mass is 396 g/mol. The van der Waals surface area contributed by atoms with Gasteiger partial charge in [0.2, 0.25) is 0 Å². The fourth-order valence-corrected chi connectivity index (χ4v) is 2.68. The van der Waals surface area contributed by atoms with Crippen molar-refractivity contribution in [3.8, 4) is 0 Å². The standard InChI is InChI=1S/C16H17IN2O2/c1-3-16(12-5-4-6-14(9-12)19(20)21)18-13-8-7-11(2)15(17)10-13/h4-10,16,18H,3H2,1-2H3. The van der Waals surface area contributed by atoms with E-state index >= 15 is 0 Å². The third-order valence-electron chi connectivity index (χ3n) is 3.40. The second kappa shape index (κ2) is 6.89. The lowest BCUT2D eigenvalue weighted by molar-refractivity contribution is -0.384. The molecule has 0 saturated heterocycles. The molecule has 1 unspecified atom stereocenters. The quantitative estimate of drug-likeness (QED) is 0.436. The van der Waals surface area contributed by atoms with Crippen LogP contribution in [0.1, 0.15) is 30.5 Å². The molecule has 0 fully saturated rings. The fraction of sp³-hybridized carbons (Fsp3) is 0.250. The van der Waals surface area contributed by atoms with Crippen molar-refractivity contribution in [3.05, 3.63) is 67.3 Å². The molecule has 0 bridgehead atoms. The minimum absolute atomic E-state index is 0.0587. The maximum atomic E-state index is 10.9. The normalized spacial score (nSPS) is 12.0. The first-order chi connectivity index (χ1) is 10.0. The molecule has 0 saturated carbocycles. The number of nitro groups is 1. The molecule has 0 aliphatic carbocycles. The molecular weight excluding hydrogens is 379 g/mol. The van der Waals surface area contributed by atoms with E-state index in [0.29, 0.717) is 0 Å². The van der Waals surface area contributed by atoms with E-state index in [9.17, 15) is 10.1 Å². The van der Waals surface area contributed by atoms with E-state index in [0.717, 1.165) is 17.7 Å². The van der Waals surface area contributed by atoms with Gasteiger partial charge in [-0.25, -0.2) is 0 Å². The summed E-state index contributed by atoms with van der Waals surface area (Å²) in [5, 5.41) is 14.3. The number of non-ortho nitro benzene ring substituents is 1. The van der Waals surface area contributed by atoms with Crippen LogP contribution in [0.3, 0.4) is 0 Å². The molecule has 21 heavy (non-hydrogen) atoms. The van der Waals surface area contributed by atoms with E-state index in [1.165, 1.54) is 15.2 Å². The summed E-state index contributed by atoms with van der Waals surface area (Å²) in [4.78, 5) is 10.5. The van der Waals surface area contributed by atoms with Crippen LogP contribution in [0.15, 0.2) is 42.5 Å². The van der Waals surface area contributed by atoms with Gasteiger partial charge in [-0.3, -0.25) is 10.1 Å². The van der Waals surface area contributed by atoms with Crippen molar-refractivity contribution in [3.63, 3.8) is 0 Å². The number of hydrogen-bond donors (Lipinski definition) is 1. The minimum atomic E-state index is -0.356. The van der Waals surface area contributed by atoms with Crippen LogP contribution < -0.4 is 5.32 Å². The van der Waals surface area contributed by atoms with E-state index in [4.69, 9.17) is 0 Å². The third-order valence-corrected chi connectivity index (χ3v) is 4.57. The van der Waals surface area contributed by atoms with Gasteiger partial charge in [0, 0.05) is 21.4 Å². The predicted molar refractivity (Wildman–Crippen MR) is 93.6 cm³/mol. The van der Waals surface area contributed by atoms with Gasteiger partial charge in [-0.1, -0.05) is 25.1 Å². The van der Waals surface area contributed by atoms with Crippen molar-refractivity contribution in [2.24, 2.45) is 0 Å². The Balaban J connectivity index is 2.25. The van der Waals surface area contributed by atoms with Gasteiger partial charge in [0.05, 0.1) is 11.0 Å². The molecule has 0 aliphatic heterocycles. The van der Waals surface area contributed by atoms with Crippen LogP contribution in [0.2, 0.25) is 0 Å². The maximum Gasteiger partial charge on any atom is 0.269 e. The molecule has 0 aromatic heterocycles. The molecule has 2 aromatic rings. The first-order valence-electron chi connectivity index (χ1n) is 6.78. The number of nitrogens with zero attached hydrogens (tertiary/aromatic N) is 1. The Bertz CT molecular complexity index is 658. The first kappa shape index (κ1) is 15.8. The van der Waals surface area contributed by atoms with Crippen LogP contribution in [0.25, 0.3) is 0 Å². The molecule has 5 heteroatoms. The molecule has 4 nitrogen and oxygen atoms in total. The van der Waals surface area contributed by atoms with Gasteiger partial charge in [-0.2, -0.15) is 0 Å². The summed E-state index contributed by atoms with van der Waals surface area (Å²) in [7, 11) is 0. The number of hydrogen-bond acceptors (Lipinski definition) is 3. The fourth-order valence-electron chi connectivity index (χ4n) is 2.16. The molecule has 0 radical (unpaired) electrons. The molecule has 2 aromatic carbocycles. The molecule has 0 spiro atoms. The Morgan fingerprint density at radius 3 is 2.67 bits per heavy atom. The zero-order valence-corrected chi connectivity index (χ0v) is 14.1. The zero-order valence-electron chi connectivity index (χ0n) is 12.0. The second-order valence-corrected chi connectivity index (χ2v) is 6.08. The number of rotatable bonds is 5. The molecule has 0 heterocycles. The van der Waals surface area contributed by atoms with E-state index in [1.54, 1.807) is 12.1 Å². The van der Waals surface area contributed by atoms with Gasteiger partial charge in [0.15, 0.2) is 0 Å². The molecule has 1 N–H and O–H groups in total. The topological polar surface area (TPSA) is 55.2 Å². The number of anilines is 1. The lowest BCUT2D eigenvalue weighted by atomic mass is 10.0. The Hall–Kier alpha value is -1.63. The minimum Gasteiger partial charge on any atom is -0.378 e. The smallest absolute Gasteiger partial charge is 0.269 e.